The summed E-state index contributed by atoms with van der Waals surface area (Å²) >= 11 is 0. The molecule has 4 saturated carbocycles. The van der Waals surface area contributed by atoms with Crippen molar-refractivity contribution in [3.63, 3.8) is 0 Å². The van der Waals surface area contributed by atoms with Crippen molar-refractivity contribution >= 4 is 5.71 Å². The molecule has 8 atom stereocenters. The summed E-state index contributed by atoms with van der Waals surface area (Å²) in [6, 6.07) is 0. The molecular formula is C30H51N. The van der Waals surface area contributed by atoms with Crippen molar-refractivity contribution < 1.29 is 0 Å². The first-order valence-electron chi connectivity index (χ1n) is 13.8. The van der Waals surface area contributed by atoms with Gasteiger partial charge in [-0.2, -0.15) is 0 Å². The molecule has 0 aliphatic heterocycles. The SMILES string of the molecule is CCN=C(C)/C=C(\C)CC(C)C1CCC2C3CCC4CC(C)(C)CCC4C3CCC12C. The highest BCUT2D eigenvalue weighted by atomic mass is 14.7. The molecule has 0 saturated heterocycles. The van der Waals surface area contributed by atoms with E-state index in [9.17, 15) is 0 Å². The minimum absolute atomic E-state index is 0.605. The van der Waals surface area contributed by atoms with E-state index in [0.717, 1.165) is 48.0 Å². The quantitative estimate of drug-likeness (QED) is 0.390. The Kier molecular flexibility index (Phi) is 6.83. The van der Waals surface area contributed by atoms with Crippen LogP contribution in [0.4, 0.5) is 0 Å². The van der Waals surface area contributed by atoms with Crippen LogP contribution in [0, 0.1) is 52.3 Å². The molecule has 4 rings (SSSR count). The molecule has 1 nitrogen and oxygen atoms in total. The fourth-order valence-electron chi connectivity index (χ4n) is 9.64. The van der Waals surface area contributed by atoms with Gasteiger partial charge in [-0.3, -0.25) is 4.99 Å². The molecule has 0 bridgehead atoms. The molecule has 0 aromatic carbocycles. The number of hydrogen-bond acceptors (Lipinski definition) is 1. The number of fused-ring (bicyclic) bond motifs is 5. The van der Waals surface area contributed by atoms with Gasteiger partial charge in [-0.1, -0.05) is 33.3 Å². The fourth-order valence-corrected chi connectivity index (χ4v) is 9.64. The lowest BCUT2D eigenvalue weighted by Gasteiger charge is -2.57. The van der Waals surface area contributed by atoms with Crippen LogP contribution in [0.2, 0.25) is 0 Å². The Bertz CT molecular complexity index is 699. The van der Waals surface area contributed by atoms with Crippen LogP contribution in [0.15, 0.2) is 16.6 Å². The van der Waals surface area contributed by atoms with Gasteiger partial charge in [0.1, 0.15) is 0 Å². The summed E-state index contributed by atoms with van der Waals surface area (Å²) in [5.74, 6) is 6.98. The predicted molar refractivity (Wildman–Crippen MR) is 136 cm³/mol. The number of rotatable bonds is 5. The average molecular weight is 426 g/mol. The van der Waals surface area contributed by atoms with E-state index in [1.54, 1.807) is 19.3 Å². The molecule has 0 aromatic heterocycles. The van der Waals surface area contributed by atoms with Gasteiger partial charge in [0.15, 0.2) is 0 Å². The van der Waals surface area contributed by atoms with Crippen LogP contribution in [0.3, 0.4) is 0 Å². The maximum Gasteiger partial charge on any atom is 0.0364 e. The molecule has 0 N–H and O–H groups in total. The highest BCUT2D eigenvalue weighted by molar-refractivity contribution is 5.93. The van der Waals surface area contributed by atoms with Crippen LogP contribution in [0.5, 0.6) is 0 Å². The van der Waals surface area contributed by atoms with Gasteiger partial charge in [-0.05, 0) is 143 Å². The Hall–Kier alpha value is -0.590. The van der Waals surface area contributed by atoms with E-state index in [4.69, 9.17) is 0 Å². The zero-order valence-electron chi connectivity index (χ0n) is 21.8. The Labute approximate surface area is 194 Å². The van der Waals surface area contributed by atoms with Crippen LogP contribution >= 0.6 is 0 Å². The predicted octanol–water partition coefficient (Wildman–Crippen LogP) is 8.73. The van der Waals surface area contributed by atoms with Gasteiger partial charge in [0.05, 0.1) is 0 Å². The van der Waals surface area contributed by atoms with E-state index in [1.165, 1.54) is 56.2 Å². The standard InChI is InChI=1S/C30H51N/c1-8-31-22(4)18-20(2)17-21(3)27-11-12-28-26-10-9-23-19-29(5,6)15-13-24(23)25(26)14-16-30(27,28)7/h18,21,23-28H,8-17,19H2,1-7H3/b20-18+,31-22?. The molecule has 4 aliphatic carbocycles. The van der Waals surface area contributed by atoms with E-state index in [2.05, 4.69) is 59.5 Å². The van der Waals surface area contributed by atoms with Gasteiger partial charge in [-0.25, -0.2) is 0 Å². The van der Waals surface area contributed by atoms with Gasteiger partial charge in [0.25, 0.3) is 0 Å². The van der Waals surface area contributed by atoms with Crippen LogP contribution in [0.25, 0.3) is 0 Å². The average Bonchev–Trinajstić information content (AvgIpc) is 3.04. The smallest absolute Gasteiger partial charge is 0.0364 e. The molecule has 1 heteroatoms. The van der Waals surface area contributed by atoms with Crippen molar-refractivity contribution in [2.24, 2.45) is 57.2 Å². The van der Waals surface area contributed by atoms with Crippen molar-refractivity contribution in [3.05, 3.63) is 11.6 Å². The molecule has 8 unspecified atom stereocenters. The number of aliphatic imine (C=N–C) groups is 1. The fraction of sp³-hybridized carbons (Fsp3) is 0.900. The summed E-state index contributed by atoms with van der Waals surface area (Å²) in [4.78, 5) is 4.58. The Morgan fingerprint density at radius 2 is 1.68 bits per heavy atom. The summed E-state index contributed by atoms with van der Waals surface area (Å²) in [5, 5.41) is 0. The number of nitrogens with zero attached hydrogens (tertiary/aromatic N) is 1. The lowest BCUT2D eigenvalue weighted by atomic mass is 9.48. The lowest BCUT2D eigenvalue weighted by Crippen LogP contribution is -2.49. The highest BCUT2D eigenvalue weighted by Gasteiger charge is 2.57. The summed E-state index contributed by atoms with van der Waals surface area (Å²) in [6.45, 7) is 17.9. The van der Waals surface area contributed by atoms with E-state index in [1.807, 2.05) is 0 Å². The maximum absolute atomic E-state index is 4.58. The zero-order valence-corrected chi connectivity index (χ0v) is 21.8. The first kappa shape index (κ1) is 23.6. The van der Waals surface area contributed by atoms with Crippen LogP contribution < -0.4 is 0 Å². The van der Waals surface area contributed by atoms with Crippen LogP contribution in [0.1, 0.15) is 113 Å². The van der Waals surface area contributed by atoms with Gasteiger partial charge in [0, 0.05) is 12.3 Å². The maximum atomic E-state index is 4.58. The second-order valence-corrected chi connectivity index (χ2v) is 13.4. The molecule has 0 radical (unpaired) electrons. The monoisotopic (exact) mass is 425 g/mol. The van der Waals surface area contributed by atoms with Crippen molar-refractivity contribution in [1.29, 1.82) is 0 Å². The zero-order chi connectivity index (χ0) is 22.4. The van der Waals surface area contributed by atoms with E-state index < -0.39 is 0 Å². The molecule has 176 valence electrons. The second kappa shape index (κ2) is 8.98. The van der Waals surface area contributed by atoms with Crippen molar-refractivity contribution in [2.45, 2.75) is 113 Å². The number of hydrogen-bond donors (Lipinski definition) is 0. The Morgan fingerprint density at radius 3 is 2.42 bits per heavy atom. The van der Waals surface area contributed by atoms with E-state index in [0.29, 0.717) is 10.8 Å². The molecule has 0 amide bonds. The Balaban J connectivity index is 1.44. The normalized spacial score (nSPS) is 43.7. The van der Waals surface area contributed by atoms with E-state index >= 15 is 0 Å². The molecule has 0 aromatic rings. The third-order valence-corrected chi connectivity index (χ3v) is 10.8. The minimum Gasteiger partial charge on any atom is -0.290 e. The molecule has 0 spiro atoms. The first-order valence-corrected chi connectivity index (χ1v) is 13.8. The molecular weight excluding hydrogens is 374 g/mol. The largest absolute Gasteiger partial charge is 0.290 e. The van der Waals surface area contributed by atoms with Crippen LogP contribution in [-0.4, -0.2) is 12.3 Å². The third-order valence-electron chi connectivity index (χ3n) is 10.8. The lowest BCUT2D eigenvalue weighted by molar-refractivity contribution is -0.0807. The number of allylic oxidation sites excluding steroid dienone is 2. The highest BCUT2D eigenvalue weighted by Crippen LogP contribution is 2.66. The van der Waals surface area contributed by atoms with E-state index in [-0.39, 0.29) is 0 Å². The molecule has 0 heterocycles. The van der Waals surface area contributed by atoms with Crippen molar-refractivity contribution in [3.8, 4) is 0 Å². The molecule has 4 aliphatic rings. The first-order chi connectivity index (χ1) is 14.6. The minimum atomic E-state index is 0.605. The summed E-state index contributed by atoms with van der Waals surface area (Å²) in [7, 11) is 0. The van der Waals surface area contributed by atoms with Gasteiger partial charge in [0.2, 0.25) is 0 Å². The van der Waals surface area contributed by atoms with Crippen molar-refractivity contribution in [1.82, 2.24) is 0 Å². The third kappa shape index (κ3) is 4.59. The second-order valence-electron chi connectivity index (χ2n) is 13.4. The van der Waals surface area contributed by atoms with Gasteiger partial charge in [-0.15, -0.1) is 0 Å². The molecule has 4 fully saturated rings. The van der Waals surface area contributed by atoms with Gasteiger partial charge < -0.3 is 0 Å². The molecule has 31 heavy (non-hydrogen) atoms. The van der Waals surface area contributed by atoms with Crippen molar-refractivity contribution in [2.75, 3.05) is 6.54 Å². The summed E-state index contributed by atoms with van der Waals surface area (Å²) in [5.41, 5.74) is 3.95. The Morgan fingerprint density at radius 1 is 0.935 bits per heavy atom. The van der Waals surface area contributed by atoms with Crippen LogP contribution in [-0.2, 0) is 0 Å². The topological polar surface area (TPSA) is 12.4 Å². The summed E-state index contributed by atoms with van der Waals surface area (Å²) < 4.78 is 0. The van der Waals surface area contributed by atoms with Gasteiger partial charge >= 0.3 is 0 Å². The summed E-state index contributed by atoms with van der Waals surface area (Å²) in [6.07, 6.45) is 17.3.